The number of hydrogen-bond donors (Lipinski definition) is 1. The molecule has 0 aliphatic carbocycles. The van der Waals surface area contributed by atoms with Crippen molar-refractivity contribution in [2.24, 2.45) is 0 Å². The summed E-state index contributed by atoms with van der Waals surface area (Å²) in [5.74, 6) is 0.765. The third-order valence-electron chi connectivity index (χ3n) is 4.43. The van der Waals surface area contributed by atoms with E-state index in [1.807, 2.05) is 17.0 Å². The molecule has 3 aromatic rings. The highest BCUT2D eigenvalue weighted by Crippen LogP contribution is 2.32. The molecule has 6 heteroatoms. The molecular weight excluding hydrogens is 324 g/mol. The summed E-state index contributed by atoms with van der Waals surface area (Å²) in [6.07, 6.45) is 3.36. The van der Waals surface area contributed by atoms with Crippen LogP contribution in [0.2, 0.25) is 5.02 Å². The fourth-order valence-electron chi connectivity index (χ4n) is 3.24. The number of rotatable bonds is 2. The van der Waals surface area contributed by atoms with Crippen LogP contribution in [0.1, 0.15) is 40.8 Å². The van der Waals surface area contributed by atoms with Crippen LogP contribution < -0.4 is 0 Å². The zero-order valence-electron chi connectivity index (χ0n) is 13.3. The molecule has 5 nitrogen and oxygen atoms in total. The van der Waals surface area contributed by atoms with E-state index in [0.717, 1.165) is 29.7 Å². The zero-order chi connectivity index (χ0) is 16.7. The summed E-state index contributed by atoms with van der Waals surface area (Å²) in [5.41, 5.74) is 3.54. The van der Waals surface area contributed by atoms with Gasteiger partial charge >= 0.3 is 0 Å². The first kappa shape index (κ1) is 15.1. The number of likely N-dealkylation sites (tertiary alicyclic amines) is 1. The Hall–Kier alpha value is -2.40. The number of aromatic nitrogens is 3. The summed E-state index contributed by atoms with van der Waals surface area (Å²) in [5, 5.41) is 0.525. The Morgan fingerprint density at radius 2 is 2.21 bits per heavy atom. The van der Waals surface area contributed by atoms with Crippen LogP contribution in [0.5, 0.6) is 0 Å². The largest absolute Gasteiger partial charge is 0.340 e. The summed E-state index contributed by atoms with van der Waals surface area (Å²) in [6, 6.07) is 9.45. The molecule has 1 aromatic carbocycles. The molecule has 0 unspecified atom stereocenters. The average Bonchev–Trinajstić information content (AvgIpc) is 3.20. The van der Waals surface area contributed by atoms with Crippen LogP contribution in [0.25, 0.3) is 11.0 Å². The lowest BCUT2D eigenvalue weighted by Gasteiger charge is -2.22. The number of carbonyl (C=O) groups is 1. The molecule has 122 valence electrons. The van der Waals surface area contributed by atoms with Crippen molar-refractivity contribution in [3.05, 3.63) is 58.6 Å². The van der Waals surface area contributed by atoms with Crippen molar-refractivity contribution in [1.29, 1.82) is 0 Å². The number of imidazole rings is 1. The minimum atomic E-state index is -0.0780. The minimum Gasteiger partial charge on any atom is -0.340 e. The van der Waals surface area contributed by atoms with Crippen LogP contribution in [0, 0.1) is 6.92 Å². The fourth-order valence-corrected chi connectivity index (χ4v) is 3.36. The maximum atomic E-state index is 12.8. The number of nitrogens with one attached hydrogen (secondary N) is 1. The Bertz CT molecular complexity index is 903. The molecule has 4 rings (SSSR count). The Morgan fingerprint density at radius 3 is 3.00 bits per heavy atom. The molecule has 0 spiro atoms. The SMILES string of the molecule is Cc1ccc2nc([C@H]3CCCN3C(=O)c3ccc(Cl)cn3)[nH]c2c1. The van der Waals surface area contributed by atoms with Crippen molar-refractivity contribution in [2.75, 3.05) is 6.54 Å². The maximum absolute atomic E-state index is 12.8. The highest BCUT2D eigenvalue weighted by atomic mass is 35.5. The van der Waals surface area contributed by atoms with E-state index in [-0.39, 0.29) is 11.9 Å². The molecular formula is C18H17ClN4O. The molecule has 0 bridgehead atoms. The molecule has 3 heterocycles. The number of aryl methyl sites for hydroxylation is 1. The van der Waals surface area contributed by atoms with Crippen LogP contribution >= 0.6 is 11.6 Å². The third kappa shape index (κ3) is 2.65. The van der Waals surface area contributed by atoms with Crippen molar-refractivity contribution in [2.45, 2.75) is 25.8 Å². The second-order valence-corrected chi connectivity index (χ2v) is 6.60. The molecule has 1 atom stereocenters. The molecule has 1 amide bonds. The quantitative estimate of drug-likeness (QED) is 0.769. The Kier molecular flexibility index (Phi) is 3.73. The van der Waals surface area contributed by atoms with E-state index >= 15 is 0 Å². The minimum absolute atomic E-state index is 0.0392. The summed E-state index contributed by atoms with van der Waals surface area (Å²) in [6.45, 7) is 2.77. The van der Waals surface area contributed by atoms with E-state index in [1.54, 1.807) is 12.1 Å². The van der Waals surface area contributed by atoms with Crippen LogP contribution in [-0.2, 0) is 0 Å². The van der Waals surface area contributed by atoms with Crippen molar-refractivity contribution >= 4 is 28.5 Å². The normalized spacial score (nSPS) is 17.6. The average molecular weight is 341 g/mol. The van der Waals surface area contributed by atoms with E-state index in [0.29, 0.717) is 17.3 Å². The monoisotopic (exact) mass is 340 g/mol. The highest BCUT2D eigenvalue weighted by Gasteiger charge is 2.33. The lowest BCUT2D eigenvalue weighted by atomic mass is 10.2. The number of pyridine rings is 1. The van der Waals surface area contributed by atoms with Gasteiger partial charge in [-0.1, -0.05) is 17.7 Å². The molecule has 1 aliphatic rings. The van der Waals surface area contributed by atoms with Gasteiger partial charge in [0, 0.05) is 12.7 Å². The van der Waals surface area contributed by atoms with Gasteiger partial charge in [-0.3, -0.25) is 4.79 Å². The molecule has 1 N–H and O–H groups in total. The number of H-pyrrole nitrogens is 1. The number of amides is 1. The topological polar surface area (TPSA) is 61.9 Å². The maximum Gasteiger partial charge on any atom is 0.273 e. The summed E-state index contributed by atoms with van der Waals surface area (Å²) >= 11 is 5.86. The number of halogens is 1. The zero-order valence-corrected chi connectivity index (χ0v) is 14.0. The van der Waals surface area contributed by atoms with Gasteiger partial charge in [0.15, 0.2) is 0 Å². The number of nitrogens with zero attached hydrogens (tertiary/aromatic N) is 3. The standard InChI is InChI=1S/C18H17ClN4O/c1-11-4-6-13-15(9-11)22-17(21-13)16-3-2-8-23(16)18(24)14-7-5-12(19)10-20-14/h4-7,9-10,16H,2-3,8H2,1H3,(H,21,22)/t16-/m1/s1. The van der Waals surface area contributed by atoms with Crippen molar-refractivity contribution in [1.82, 2.24) is 19.9 Å². The summed E-state index contributed by atoms with van der Waals surface area (Å²) < 4.78 is 0. The van der Waals surface area contributed by atoms with Gasteiger partial charge in [-0.2, -0.15) is 0 Å². The highest BCUT2D eigenvalue weighted by molar-refractivity contribution is 6.30. The van der Waals surface area contributed by atoms with E-state index in [9.17, 15) is 4.79 Å². The second kappa shape index (κ2) is 5.91. The third-order valence-corrected chi connectivity index (χ3v) is 4.66. The number of fused-ring (bicyclic) bond motifs is 1. The van der Waals surface area contributed by atoms with Gasteiger partial charge in [-0.25, -0.2) is 9.97 Å². The van der Waals surface area contributed by atoms with Gasteiger partial charge in [-0.15, -0.1) is 0 Å². The molecule has 2 aromatic heterocycles. The first-order chi connectivity index (χ1) is 11.6. The Morgan fingerprint density at radius 1 is 1.33 bits per heavy atom. The van der Waals surface area contributed by atoms with Gasteiger partial charge in [-0.05, 0) is 49.6 Å². The number of hydrogen-bond acceptors (Lipinski definition) is 3. The van der Waals surface area contributed by atoms with Gasteiger partial charge in [0.25, 0.3) is 5.91 Å². The summed E-state index contributed by atoms with van der Waals surface area (Å²) in [7, 11) is 0. The van der Waals surface area contributed by atoms with Crippen molar-refractivity contribution in [3.63, 3.8) is 0 Å². The van der Waals surface area contributed by atoms with Crippen LogP contribution in [-0.4, -0.2) is 32.3 Å². The van der Waals surface area contributed by atoms with Crippen LogP contribution in [0.3, 0.4) is 0 Å². The van der Waals surface area contributed by atoms with E-state index in [4.69, 9.17) is 11.6 Å². The Labute approximate surface area is 144 Å². The van der Waals surface area contributed by atoms with E-state index in [2.05, 4.69) is 27.9 Å². The number of benzene rings is 1. The lowest BCUT2D eigenvalue weighted by molar-refractivity contribution is 0.0724. The van der Waals surface area contributed by atoms with Crippen LogP contribution in [0.15, 0.2) is 36.5 Å². The van der Waals surface area contributed by atoms with Crippen molar-refractivity contribution < 1.29 is 4.79 Å². The van der Waals surface area contributed by atoms with Gasteiger partial charge in [0.2, 0.25) is 0 Å². The van der Waals surface area contributed by atoms with Gasteiger partial charge in [0.05, 0.1) is 22.1 Å². The molecule has 1 aliphatic heterocycles. The molecule has 0 saturated carbocycles. The molecule has 0 radical (unpaired) electrons. The molecule has 24 heavy (non-hydrogen) atoms. The first-order valence-electron chi connectivity index (χ1n) is 8.00. The Balaban J connectivity index is 1.66. The van der Waals surface area contributed by atoms with Crippen LogP contribution in [0.4, 0.5) is 0 Å². The first-order valence-corrected chi connectivity index (χ1v) is 8.38. The number of aromatic amines is 1. The second-order valence-electron chi connectivity index (χ2n) is 6.16. The van der Waals surface area contributed by atoms with Gasteiger partial charge < -0.3 is 9.88 Å². The van der Waals surface area contributed by atoms with Gasteiger partial charge in [0.1, 0.15) is 11.5 Å². The number of carbonyl (C=O) groups excluding carboxylic acids is 1. The lowest BCUT2D eigenvalue weighted by Crippen LogP contribution is -2.31. The fraction of sp³-hybridized carbons (Fsp3) is 0.278. The van der Waals surface area contributed by atoms with E-state index in [1.165, 1.54) is 11.8 Å². The van der Waals surface area contributed by atoms with E-state index < -0.39 is 0 Å². The molecule has 1 saturated heterocycles. The predicted molar refractivity (Wildman–Crippen MR) is 93.1 cm³/mol. The molecule has 1 fully saturated rings. The summed E-state index contributed by atoms with van der Waals surface area (Å²) in [4.78, 5) is 26.9. The van der Waals surface area contributed by atoms with Crippen molar-refractivity contribution in [3.8, 4) is 0 Å². The smallest absolute Gasteiger partial charge is 0.273 e. The predicted octanol–water partition coefficient (Wildman–Crippen LogP) is 3.90.